The van der Waals surface area contributed by atoms with Gasteiger partial charge in [0.25, 0.3) is 0 Å². The molecular weight excluding hydrogens is 551 g/mol. The summed E-state index contributed by atoms with van der Waals surface area (Å²) in [4.78, 5) is 0. The van der Waals surface area contributed by atoms with Crippen molar-refractivity contribution in [2.24, 2.45) is 0 Å². The molecule has 5 rings (SSSR count). The minimum Gasteiger partial charge on any atom is -1.00 e. The molecule has 0 unspecified atom stereocenters. The number of unbranched alkanes of at least 4 members (excludes halogenated alkanes) is 1. The Morgan fingerprint density at radius 3 is 2.29 bits per heavy atom. The van der Waals surface area contributed by atoms with E-state index in [1.165, 1.54) is 71.6 Å². The van der Waals surface area contributed by atoms with Crippen molar-refractivity contribution < 1.29 is 51.0 Å². The molecule has 178 valence electrons. The molecule has 1 aliphatic carbocycles. The Hall–Kier alpha value is -0.920. The molecular formula is C30H36Cl2SiZr. The van der Waals surface area contributed by atoms with E-state index in [0.29, 0.717) is 0 Å². The monoisotopic (exact) mass is 584 g/mol. The SMILES string of the molecule is CCCCc1cc[cH-]c1.C[Si]C.Cc1cc2c(-c3ccccc3)c3c(cc2[cH-]1)CCC3.[Cl-].[Cl-].[Zr+4]. The van der Waals surface area contributed by atoms with Gasteiger partial charge >= 0.3 is 26.2 Å². The smallest absolute Gasteiger partial charge is 1.00 e. The van der Waals surface area contributed by atoms with Gasteiger partial charge in [-0.2, -0.15) is 29.8 Å². The van der Waals surface area contributed by atoms with Crippen molar-refractivity contribution in [3.8, 4) is 11.1 Å². The van der Waals surface area contributed by atoms with Crippen molar-refractivity contribution in [2.75, 3.05) is 0 Å². The number of rotatable bonds is 4. The summed E-state index contributed by atoms with van der Waals surface area (Å²) in [6.45, 7) is 8.73. The fourth-order valence-corrected chi connectivity index (χ4v) is 4.47. The zero-order valence-corrected chi connectivity index (χ0v) is 25.9. The molecule has 4 heteroatoms. The van der Waals surface area contributed by atoms with Crippen LogP contribution in [-0.4, -0.2) is 9.52 Å². The van der Waals surface area contributed by atoms with Crippen LogP contribution in [0.2, 0.25) is 13.1 Å². The van der Waals surface area contributed by atoms with Crippen molar-refractivity contribution in [3.63, 3.8) is 0 Å². The van der Waals surface area contributed by atoms with Gasteiger partial charge in [0, 0.05) is 9.52 Å². The van der Waals surface area contributed by atoms with Crippen LogP contribution in [0.5, 0.6) is 0 Å². The van der Waals surface area contributed by atoms with Crippen LogP contribution >= 0.6 is 0 Å². The van der Waals surface area contributed by atoms with Gasteiger partial charge < -0.3 is 24.8 Å². The molecule has 0 saturated heterocycles. The molecule has 0 heterocycles. The van der Waals surface area contributed by atoms with Crippen LogP contribution in [0.4, 0.5) is 0 Å². The first kappa shape index (κ1) is 33.1. The van der Waals surface area contributed by atoms with Gasteiger partial charge in [-0.25, -0.2) is 6.07 Å². The second kappa shape index (κ2) is 17.5. The van der Waals surface area contributed by atoms with Crippen molar-refractivity contribution in [2.45, 2.75) is 65.5 Å². The fourth-order valence-electron chi connectivity index (χ4n) is 4.47. The predicted molar refractivity (Wildman–Crippen MR) is 140 cm³/mol. The molecule has 0 nitrogen and oxygen atoms in total. The van der Waals surface area contributed by atoms with E-state index >= 15 is 0 Å². The van der Waals surface area contributed by atoms with Gasteiger partial charge in [0.2, 0.25) is 0 Å². The van der Waals surface area contributed by atoms with E-state index < -0.39 is 0 Å². The minimum absolute atomic E-state index is 0. The molecule has 0 N–H and O–H groups in total. The Morgan fingerprint density at radius 1 is 0.971 bits per heavy atom. The molecule has 0 fully saturated rings. The summed E-state index contributed by atoms with van der Waals surface area (Å²) >= 11 is 0. The van der Waals surface area contributed by atoms with Crippen LogP contribution in [0.3, 0.4) is 0 Å². The van der Waals surface area contributed by atoms with Crippen molar-refractivity contribution in [1.29, 1.82) is 0 Å². The standard InChI is InChI=1S/C19H17.C9H13.C2H6Si.2ClH.Zr/c1-13-10-16-12-15-8-5-9-17(15)19(18(16)11-13)14-6-3-2-4-7-14;1-2-3-6-9-7-4-5-8-9;1-3-2;;;/h2-4,6-7,10-12H,5,8-9H2,1H3;4-5,7-8H,2-3,6H2,1H3;1-2H3;2*1H;/q2*-1;;;;+4/p-2. The summed E-state index contributed by atoms with van der Waals surface area (Å²) in [6, 6.07) is 26.5. The van der Waals surface area contributed by atoms with Crippen molar-refractivity contribution in [3.05, 3.63) is 95.1 Å². The van der Waals surface area contributed by atoms with E-state index in [0.717, 1.165) is 9.52 Å². The van der Waals surface area contributed by atoms with Gasteiger partial charge in [0.15, 0.2) is 0 Å². The van der Waals surface area contributed by atoms with Gasteiger partial charge in [-0.15, -0.1) is 28.5 Å². The molecule has 0 bridgehead atoms. The van der Waals surface area contributed by atoms with E-state index in [-0.39, 0.29) is 51.0 Å². The normalized spacial score (nSPS) is 10.9. The van der Waals surface area contributed by atoms with Crippen LogP contribution in [0.15, 0.2) is 72.8 Å². The Bertz CT molecular complexity index is 1050. The van der Waals surface area contributed by atoms with Gasteiger partial charge in [0.05, 0.1) is 0 Å². The van der Waals surface area contributed by atoms with E-state index in [2.05, 4.69) is 99.7 Å². The Morgan fingerprint density at radius 2 is 1.68 bits per heavy atom. The molecule has 4 aromatic rings. The summed E-state index contributed by atoms with van der Waals surface area (Å²) < 4.78 is 0. The maximum atomic E-state index is 2.41. The Balaban J connectivity index is 0.000000624. The van der Waals surface area contributed by atoms with Crippen LogP contribution in [0.1, 0.15) is 48.4 Å². The van der Waals surface area contributed by atoms with Gasteiger partial charge in [-0.1, -0.05) is 93.2 Å². The maximum Gasteiger partial charge on any atom is 4.00 e. The minimum atomic E-state index is 0. The second-order valence-electron chi connectivity index (χ2n) is 8.54. The second-order valence-corrected chi connectivity index (χ2v) is 9.54. The van der Waals surface area contributed by atoms with Crippen LogP contribution in [-0.2, 0) is 45.5 Å². The average Bonchev–Trinajstić information content (AvgIpc) is 3.52. The predicted octanol–water partition coefficient (Wildman–Crippen LogP) is 2.56. The number of hydrogen-bond donors (Lipinski definition) is 0. The molecule has 0 amide bonds. The number of fused-ring (bicyclic) bond motifs is 2. The molecule has 34 heavy (non-hydrogen) atoms. The first-order valence-electron chi connectivity index (χ1n) is 11.7. The topological polar surface area (TPSA) is 0 Å². The summed E-state index contributed by atoms with van der Waals surface area (Å²) in [5.74, 6) is 0. The van der Waals surface area contributed by atoms with Gasteiger partial charge in [0.1, 0.15) is 0 Å². The molecule has 0 saturated carbocycles. The third kappa shape index (κ3) is 8.94. The zero-order chi connectivity index (χ0) is 22.1. The summed E-state index contributed by atoms with van der Waals surface area (Å²) in [5, 5.41) is 2.85. The molecule has 0 atom stereocenters. The van der Waals surface area contributed by atoms with E-state index in [4.69, 9.17) is 0 Å². The molecule has 4 aromatic carbocycles. The van der Waals surface area contributed by atoms with Crippen molar-refractivity contribution in [1.82, 2.24) is 0 Å². The number of aryl methyl sites for hydroxylation is 3. The van der Waals surface area contributed by atoms with E-state index in [1.807, 2.05) is 0 Å². The molecule has 2 radical (unpaired) electrons. The molecule has 0 aliphatic heterocycles. The third-order valence-corrected chi connectivity index (χ3v) is 5.84. The Kier molecular flexibility index (Phi) is 17.0. The Labute approximate surface area is 241 Å². The van der Waals surface area contributed by atoms with Gasteiger partial charge in [-0.3, -0.25) is 0 Å². The first-order chi connectivity index (χ1) is 15.2. The van der Waals surface area contributed by atoms with Crippen LogP contribution in [0, 0.1) is 6.92 Å². The van der Waals surface area contributed by atoms with Gasteiger partial charge in [-0.05, 0) is 24.8 Å². The van der Waals surface area contributed by atoms with E-state index in [9.17, 15) is 0 Å². The number of halogens is 2. The average molecular weight is 587 g/mol. The largest absolute Gasteiger partial charge is 4.00 e. The summed E-state index contributed by atoms with van der Waals surface area (Å²) in [6.07, 6.45) is 7.66. The first-order valence-corrected chi connectivity index (χ1v) is 13.7. The summed E-state index contributed by atoms with van der Waals surface area (Å²) in [5.41, 5.74) is 8.87. The van der Waals surface area contributed by atoms with Crippen LogP contribution < -0.4 is 24.8 Å². The molecule has 1 aliphatic rings. The van der Waals surface area contributed by atoms with E-state index in [1.54, 1.807) is 11.1 Å². The zero-order valence-electron chi connectivity index (χ0n) is 20.9. The van der Waals surface area contributed by atoms with Crippen LogP contribution in [0.25, 0.3) is 21.9 Å². The molecule has 0 spiro atoms. The quantitative estimate of drug-likeness (QED) is 0.255. The fraction of sp³-hybridized carbons (Fsp3) is 0.333. The third-order valence-electron chi connectivity index (χ3n) is 5.84. The molecule has 0 aromatic heterocycles. The number of hydrogen-bond acceptors (Lipinski definition) is 0. The number of benzene rings is 2. The van der Waals surface area contributed by atoms with Crippen molar-refractivity contribution >= 4 is 20.3 Å². The summed E-state index contributed by atoms with van der Waals surface area (Å²) in [7, 11) is 1.08. The maximum absolute atomic E-state index is 2.41.